The van der Waals surface area contributed by atoms with E-state index in [1.807, 2.05) is 6.92 Å². The Balaban J connectivity index is 2.71. The Kier molecular flexibility index (Phi) is 4.98. The van der Waals surface area contributed by atoms with E-state index in [0.717, 1.165) is 13.1 Å². The molecule has 1 heterocycles. The SMILES string of the molecule is CCN1CCCC(NCC(F)(F)F)(C(=O)O)CC1. The second kappa shape index (κ2) is 5.88. The number of carboxylic acid groups (broad SMARTS) is 1. The zero-order valence-electron chi connectivity index (χ0n) is 10.4. The molecule has 0 aromatic rings. The number of hydrogen-bond acceptors (Lipinski definition) is 3. The van der Waals surface area contributed by atoms with Crippen molar-refractivity contribution in [3.05, 3.63) is 0 Å². The number of alkyl halides is 3. The monoisotopic (exact) mass is 268 g/mol. The number of carbonyl (C=O) groups is 1. The van der Waals surface area contributed by atoms with E-state index in [2.05, 4.69) is 10.2 Å². The molecule has 1 rings (SSSR count). The van der Waals surface area contributed by atoms with Crippen molar-refractivity contribution in [2.24, 2.45) is 0 Å². The zero-order chi connectivity index (χ0) is 13.8. The molecule has 4 nitrogen and oxygen atoms in total. The van der Waals surface area contributed by atoms with E-state index in [4.69, 9.17) is 0 Å². The van der Waals surface area contributed by atoms with Crippen LogP contribution in [0.3, 0.4) is 0 Å². The van der Waals surface area contributed by atoms with Crippen LogP contribution in [-0.2, 0) is 4.79 Å². The first-order valence-electron chi connectivity index (χ1n) is 6.06. The van der Waals surface area contributed by atoms with Gasteiger partial charge in [-0.05, 0) is 32.4 Å². The van der Waals surface area contributed by atoms with E-state index in [1.165, 1.54) is 0 Å². The Morgan fingerprint density at radius 2 is 2.06 bits per heavy atom. The van der Waals surface area contributed by atoms with Gasteiger partial charge in [0, 0.05) is 6.54 Å². The van der Waals surface area contributed by atoms with Gasteiger partial charge in [0.05, 0.1) is 6.54 Å². The summed E-state index contributed by atoms with van der Waals surface area (Å²) in [5.74, 6) is -1.19. The largest absolute Gasteiger partial charge is 0.480 e. The van der Waals surface area contributed by atoms with E-state index in [1.54, 1.807) is 0 Å². The summed E-state index contributed by atoms with van der Waals surface area (Å²) in [6.45, 7) is 2.73. The van der Waals surface area contributed by atoms with Crippen LogP contribution < -0.4 is 5.32 Å². The molecular formula is C11H19F3N2O2. The molecule has 1 aliphatic rings. The van der Waals surface area contributed by atoms with Crippen LogP contribution in [0.4, 0.5) is 13.2 Å². The van der Waals surface area contributed by atoms with Crippen molar-refractivity contribution >= 4 is 5.97 Å². The van der Waals surface area contributed by atoms with Crippen LogP contribution in [0.25, 0.3) is 0 Å². The minimum atomic E-state index is -4.39. The molecule has 0 saturated carbocycles. The number of rotatable bonds is 4. The van der Waals surface area contributed by atoms with Gasteiger partial charge < -0.3 is 10.0 Å². The first kappa shape index (κ1) is 15.2. The van der Waals surface area contributed by atoms with Gasteiger partial charge in [-0.3, -0.25) is 10.1 Å². The third kappa shape index (κ3) is 4.13. The number of aliphatic carboxylic acids is 1. The molecular weight excluding hydrogens is 249 g/mol. The predicted molar refractivity (Wildman–Crippen MR) is 60.4 cm³/mol. The summed E-state index contributed by atoms with van der Waals surface area (Å²) < 4.78 is 36.7. The van der Waals surface area contributed by atoms with Crippen molar-refractivity contribution < 1.29 is 23.1 Å². The lowest BCUT2D eigenvalue weighted by molar-refractivity contribution is -0.151. The van der Waals surface area contributed by atoms with Gasteiger partial charge in [-0.1, -0.05) is 6.92 Å². The van der Waals surface area contributed by atoms with E-state index in [-0.39, 0.29) is 12.8 Å². The lowest BCUT2D eigenvalue weighted by Crippen LogP contribution is -2.55. The Morgan fingerprint density at radius 1 is 1.39 bits per heavy atom. The fraction of sp³-hybridized carbons (Fsp3) is 0.909. The van der Waals surface area contributed by atoms with Gasteiger partial charge in [-0.15, -0.1) is 0 Å². The minimum absolute atomic E-state index is 0.201. The molecule has 2 N–H and O–H groups in total. The maximum absolute atomic E-state index is 12.2. The molecule has 106 valence electrons. The Labute approximate surface area is 104 Å². The zero-order valence-corrected chi connectivity index (χ0v) is 10.4. The summed E-state index contributed by atoms with van der Waals surface area (Å²) in [6.07, 6.45) is -3.37. The van der Waals surface area contributed by atoms with E-state index in [0.29, 0.717) is 13.0 Å². The molecule has 0 aliphatic carbocycles. The molecule has 18 heavy (non-hydrogen) atoms. The first-order chi connectivity index (χ1) is 8.29. The molecule has 0 amide bonds. The maximum Gasteiger partial charge on any atom is 0.401 e. The summed E-state index contributed by atoms with van der Waals surface area (Å²) in [6, 6.07) is 0. The highest BCUT2D eigenvalue weighted by atomic mass is 19.4. The first-order valence-corrected chi connectivity index (χ1v) is 6.06. The number of halogens is 3. The Bertz CT molecular complexity index is 297. The van der Waals surface area contributed by atoms with Gasteiger partial charge in [-0.2, -0.15) is 13.2 Å². The highest BCUT2D eigenvalue weighted by Gasteiger charge is 2.42. The molecule has 1 saturated heterocycles. The fourth-order valence-electron chi connectivity index (χ4n) is 2.24. The quantitative estimate of drug-likeness (QED) is 0.810. The van der Waals surface area contributed by atoms with Crippen LogP contribution in [0.1, 0.15) is 26.2 Å². The summed E-state index contributed by atoms with van der Waals surface area (Å²) in [5, 5.41) is 11.4. The van der Waals surface area contributed by atoms with E-state index >= 15 is 0 Å². The molecule has 1 fully saturated rings. The number of carboxylic acids is 1. The van der Waals surface area contributed by atoms with Crippen LogP contribution in [0.15, 0.2) is 0 Å². The highest BCUT2D eigenvalue weighted by molar-refractivity contribution is 5.78. The van der Waals surface area contributed by atoms with Gasteiger partial charge in [0.15, 0.2) is 0 Å². The van der Waals surface area contributed by atoms with Crippen LogP contribution in [-0.4, -0.2) is 53.9 Å². The lowest BCUT2D eigenvalue weighted by Gasteiger charge is -2.30. The third-order valence-corrected chi connectivity index (χ3v) is 3.42. The molecule has 7 heteroatoms. The summed E-state index contributed by atoms with van der Waals surface area (Å²) >= 11 is 0. The van der Waals surface area contributed by atoms with Crippen LogP contribution in [0, 0.1) is 0 Å². The molecule has 1 unspecified atom stereocenters. The van der Waals surface area contributed by atoms with Gasteiger partial charge >= 0.3 is 12.1 Å². The van der Waals surface area contributed by atoms with Gasteiger partial charge in [0.2, 0.25) is 0 Å². The van der Waals surface area contributed by atoms with Crippen molar-refractivity contribution in [1.29, 1.82) is 0 Å². The normalized spacial score (nSPS) is 26.9. The number of nitrogens with zero attached hydrogens (tertiary/aromatic N) is 1. The smallest absolute Gasteiger partial charge is 0.401 e. The van der Waals surface area contributed by atoms with Crippen LogP contribution >= 0.6 is 0 Å². The van der Waals surface area contributed by atoms with Crippen molar-refractivity contribution in [3.8, 4) is 0 Å². The summed E-state index contributed by atoms with van der Waals surface area (Å²) in [7, 11) is 0. The average molecular weight is 268 g/mol. The highest BCUT2D eigenvalue weighted by Crippen LogP contribution is 2.24. The van der Waals surface area contributed by atoms with Gasteiger partial charge in [0.1, 0.15) is 5.54 Å². The van der Waals surface area contributed by atoms with Crippen molar-refractivity contribution in [1.82, 2.24) is 10.2 Å². The topological polar surface area (TPSA) is 52.6 Å². The van der Waals surface area contributed by atoms with E-state index < -0.39 is 24.2 Å². The molecule has 1 aliphatic heterocycles. The van der Waals surface area contributed by atoms with Crippen molar-refractivity contribution in [3.63, 3.8) is 0 Å². The molecule has 0 bridgehead atoms. The Morgan fingerprint density at radius 3 is 2.56 bits per heavy atom. The Hall–Kier alpha value is -0.820. The van der Waals surface area contributed by atoms with Crippen molar-refractivity contribution in [2.75, 3.05) is 26.2 Å². The minimum Gasteiger partial charge on any atom is -0.480 e. The number of nitrogens with one attached hydrogen (secondary N) is 1. The maximum atomic E-state index is 12.2. The second-order valence-electron chi connectivity index (χ2n) is 4.64. The lowest BCUT2D eigenvalue weighted by atomic mass is 9.90. The van der Waals surface area contributed by atoms with Crippen molar-refractivity contribution in [2.45, 2.75) is 37.9 Å². The third-order valence-electron chi connectivity index (χ3n) is 3.42. The number of likely N-dealkylation sites (tertiary alicyclic amines) is 1. The van der Waals surface area contributed by atoms with Gasteiger partial charge in [-0.25, -0.2) is 0 Å². The standard InChI is InChI=1S/C11H19F3N2O2/c1-2-16-6-3-4-10(5-7-16,9(17)18)15-8-11(12,13)14/h15H,2-8H2,1H3,(H,17,18). The second-order valence-corrected chi connectivity index (χ2v) is 4.64. The predicted octanol–water partition coefficient (Wildman–Crippen LogP) is 1.47. The number of hydrogen-bond donors (Lipinski definition) is 2. The molecule has 0 radical (unpaired) electrons. The summed E-state index contributed by atoms with van der Waals surface area (Å²) in [5.41, 5.74) is -1.44. The summed E-state index contributed by atoms with van der Waals surface area (Å²) in [4.78, 5) is 13.3. The molecule has 1 atom stereocenters. The molecule has 0 spiro atoms. The van der Waals surface area contributed by atoms with E-state index in [9.17, 15) is 23.1 Å². The fourth-order valence-corrected chi connectivity index (χ4v) is 2.24. The molecule has 0 aromatic heterocycles. The van der Waals surface area contributed by atoms with Crippen LogP contribution in [0.5, 0.6) is 0 Å². The average Bonchev–Trinajstić information content (AvgIpc) is 2.48. The van der Waals surface area contributed by atoms with Crippen LogP contribution in [0.2, 0.25) is 0 Å². The molecule has 0 aromatic carbocycles. The van der Waals surface area contributed by atoms with Gasteiger partial charge in [0.25, 0.3) is 0 Å².